The lowest BCUT2D eigenvalue weighted by Gasteiger charge is -2.27. The van der Waals surface area contributed by atoms with E-state index < -0.39 is 6.10 Å². The first-order valence-corrected chi connectivity index (χ1v) is 8.05. The summed E-state index contributed by atoms with van der Waals surface area (Å²) in [5.41, 5.74) is 3.85. The maximum Gasteiger partial charge on any atom is 0.0961 e. The third-order valence-corrected chi connectivity index (χ3v) is 4.55. The standard InChI is InChI=1S/C18H24N2O/c1-2-10-20-13-19-12-17(20)18(21)11-15-8-5-7-14-6-3-4-9-16(14)15/h3-4,6,9,12-13,15,18,21H,2,5,7-8,10-11H2,1H3. The molecule has 2 unspecified atom stereocenters. The van der Waals surface area contributed by atoms with Crippen LogP contribution in [0, 0.1) is 0 Å². The number of hydrogen-bond acceptors (Lipinski definition) is 2. The summed E-state index contributed by atoms with van der Waals surface area (Å²) >= 11 is 0. The van der Waals surface area contributed by atoms with Gasteiger partial charge in [0.2, 0.25) is 0 Å². The smallest absolute Gasteiger partial charge is 0.0961 e. The van der Waals surface area contributed by atoms with Crippen molar-refractivity contribution in [3.63, 3.8) is 0 Å². The minimum atomic E-state index is -0.421. The summed E-state index contributed by atoms with van der Waals surface area (Å²) in [6.07, 6.45) is 8.66. The summed E-state index contributed by atoms with van der Waals surface area (Å²) in [5.74, 6) is 0.468. The second-order valence-electron chi connectivity index (χ2n) is 6.05. The first-order chi connectivity index (χ1) is 10.3. The summed E-state index contributed by atoms with van der Waals surface area (Å²) in [5, 5.41) is 10.6. The van der Waals surface area contributed by atoms with Gasteiger partial charge in [-0.1, -0.05) is 31.2 Å². The lowest BCUT2D eigenvalue weighted by molar-refractivity contribution is 0.145. The van der Waals surface area contributed by atoms with Crippen LogP contribution in [0.3, 0.4) is 0 Å². The predicted molar refractivity (Wildman–Crippen MR) is 84.2 cm³/mol. The van der Waals surface area contributed by atoms with E-state index in [0.29, 0.717) is 5.92 Å². The molecule has 0 amide bonds. The van der Waals surface area contributed by atoms with Crippen molar-refractivity contribution in [1.29, 1.82) is 0 Å². The van der Waals surface area contributed by atoms with Crippen LogP contribution in [-0.4, -0.2) is 14.7 Å². The van der Waals surface area contributed by atoms with Crippen molar-refractivity contribution in [1.82, 2.24) is 9.55 Å². The Morgan fingerprint density at radius 1 is 1.38 bits per heavy atom. The molecule has 21 heavy (non-hydrogen) atoms. The molecule has 1 aliphatic carbocycles. The summed E-state index contributed by atoms with van der Waals surface area (Å²) in [4.78, 5) is 4.20. The van der Waals surface area contributed by atoms with Gasteiger partial charge in [0.05, 0.1) is 24.3 Å². The van der Waals surface area contributed by atoms with Gasteiger partial charge in [-0.2, -0.15) is 0 Å². The Kier molecular flexibility index (Phi) is 4.39. The molecule has 1 N–H and O–H groups in total. The fourth-order valence-corrected chi connectivity index (χ4v) is 3.53. The zero-order valence-electron chi connectivity index (χ0n) is 12.7. The first kappa shape index (κ1) is 14.3. The molecule has 0 saturated heterocycles. The number of aryl methyl sites for hydroxylation is 2. The van der Waals surface area contributed by atoms with Crippen LogP contribution in [0.2, 0.25) is 0 Å². The number of aromatic nitrogens is 2. The molecule has 0 fully saturated rings. The summed E-state index contributed by atoms with van der Waals surface area (Å²) in [7, 11) is 0. The van der Waals surface area contributed by atoms with E-state index in [9.17, 15) is 5.11 Å². The predicted octanol–water partition coefficient (Wildman–Crippen LogP) is 3.84. The van der Waals surface area contributed by atoms with Gasteiger partial charge < -0.3 is 9.67 Å². The molecule has 1 aromatic carbocycles. The summed E-state index contributed by atoms with van der Waals surface area (Å²) in [6.45, 7) is 3.07. The molecule has 0 bridgehead atoms. The van der Waals surface area contributed by atoms with E-state index in [1.165, 1.54) is 30.4 Å². The van der Waals surface area contributed by atoms with Crippen molar-refractivity contribution >= 4 is 0 Å². The van der Waals surface area contributed by atoms with Gasteiger partial charge in [0.15, 0.2) is 0 Å². The highest BCUT2D eigenvalue weighted by Crippen LogP contribution is 2.37. The monoisotopic (exact) mass is 284 g/mol. The first-order valence-electron chi connectivity index (χ1n) is 8.05. The molecule has 0 radical (unpaired) electrons. The van der Waals surface area contributed by atoms with Gasteiger partial charge in [-0.15, -0.1) is 0 Å². The molecule has 0 saturated carbocycles. The third-order valence-electron chi connectivity index (χ3n) is 4.55. The van der Waals surface area contributed by atoms with Gasteiger partial charge in [0, 0.05) is 6.54 Å². The maximum absolute atomic E-state index is 10.6. The molecule has 112 valence electrons. The molecule has 3 rings (SSSR count). The Morgan fingerprint density at radius 2 is 2.24 bits per heavy atom. The SMILES string of the molecule is CCCn1cncc1C(O)CC1CCCc2ccccc21. The second kappa shape index (κ2) is 6.44. The zero-order valence-corrected chi connectivity index (χ0v) is 12.7. The van der Waals surface area contributed by atoms with Gasteiger partial charge in [0.25, 0.3) is 0 Å². The molecular weight excluding hydrogens is 260 g/mol. The minimum absolute atomic E-state index is 0.421. The number of nitrogens with zero attached hydrogens (tertiary/aromatic N) is 2. The Hall–Kier alpha value is -1.61. The number of aliphatic hydroxyl groups is 1. The second-order valence-corrected chi connectivity index (χ2v) is 6.05. The van der Waals surface area contributed by atoms with Crippen LogP contribution in [0.25, 0.3) is 0 Å². The van der Waals surface area contributed by atoms with E-state index in [4.69, 9.17) is 0 Å². The molecule has 1 heterocycles. The van der Waals surface area contributed by atoms with Crippen LogP contribution in [0.4, 0.5) is 0 Å². The molecule has 1 aromatic heterocycles. The maximum atomic E-state index is 10.6. The minimum Gasteiger partial charge on any atom is -0.387 e. The molecule has 0 spiro atoms. The Bertz CT molecular complexity index is 590. The van der Waals surface area contributed by atoms with Crippen LogP contribution in [-0.2, 0) is 13.0 Å². The summed E-state index contributed by atoms with van der Waals surface area (Å²) < 4.78 is 2.08. The summed E-state index contributed by atoms with van der Waals surface area (Å²) in [6, 6.07) is 8.70. The highest BCUT2D eigenvalue weighted by atomic mass is 16.3. The topological polar surface area (TPSA) is 38.0 Å². The average Bonchev–Trinajstić information content (AvgIpc) is 2.96. The van der Waals surface area contributed by atoms with E-state index in [2.05, 4.69) is 40.7 Å². The molecule has 2 aromatic rings. The number of imidazole rings is 1. The lowest BCUT2D eigenvalue weighted by Crippen LogP contribution is -2.15. The van der Waals surface area contributed by atoms with Gasteiger partial charge in [-0.3, -0.25) is 0 Å². The van der Waals surface area contributed by atoms with E-state index in [-0.39, 0.29) is 0 Å². The van der Waals surface area contributed by atoms with Crippen molar-refractivity contribution in [3.8, 4) is 0 Å². The molecular formula is C18H24N2O. The van der Waals surface area contributed by atoms with Gasteiger partial charge in [0.1, 0.15) is 0 Å². The molecule has 1 aliphatic rings. The van der Waals surface area contributed by atoms with Gasteiger partial charge in [-0.25, -0.2) is 4.98 Å². The zero-order chi connectivity index (χ0) is 14.7. The van der Waals surface area contributed by atoms with Crippen LogP contribution in [0.1, 0.15) is 61.4 Å². The highest BCUT2D eigenvalue weighted by molar-refractivity contribution is 5.32. The van der Waals surface area contributed by atoms with Crippen molar-refractivity contribution < 1.29 is 5.11 Å². The number of fused-ring (bicyclic) bond motifs is 1. The fraction of sp³-hybridized carbons (Fsp3) is 0.500. The molecule has 0 aliphatic heterocycles. The number of aliphatic hydroxyl groups excluding tert-OH is 1. The molecule has 2 atom stereocenters. The van der Waals surface area contributed by atoms with E-state index >= 15 is 0 Å². The Morgan fingerprint density at radius 3 is 3.10 bits per heavy atom. The fourth-order valence-electron chi connectivity index (χ4n) is 3.53. The van der Waals surface area contributed by atoms with Crippen molar-refractivity contribution in [2.75, 3.05) is 0 Å². The van der Waals surface area contributed by atoms with Gasteiger partial charge in [-0.05, 0) is 49.1 Å². The quantitative estimate of drug-likeness (QED) is 0.906. The van der Waals surface area contributed by atoms with Crippen molar-refractivity contribution in [2.45, 2.75) is 57.6 Å². The Balaban J connectivity index is 1.76. The highest BCUT2D eigenvalue weighted by Gasteiger charge is 2.24. The van der Waals surface area contributed by atoms with Crippen LogP contribution >= 0.6 is 0 Å². The normalized spacial score (nSPS) is 19.2. The number of benzene rings is 1. The van der Waals surface area contributed by atoms with Crippen LogP contribution < -0.4 is 0 Å². The molecule has 3 nitrogen and oxygen atoms in total. The van der Waals surface area contributed by atoms with Crippen molar-refractivity contribution in [2.24, 2.45) is 0 Å². The number of rotatable bonds is 5. The van der Waals surface area contributed by atoms with E-state index in [0.717, 1.165) is 25.1 Å². The molecule has 3 heteroatoms. The van der Waals surface area contributed by atoms with E-state index in [1.54, 1.807) is 0 Å². The lowest BCUT2D eigenvalue weighted by atomic mass is 9.80. The average molecular weight is 284 g/mol. The van der Waals surface area contributed by atoms with Crippen LogP contribution in [0.5, 0.6) is 0 Å². The Labute approximate surface area is 126 Å². The third kappa shape index (κ3) is 3.03. The largest absolute Gasteiger partial charge is 0.387 e. The van der Waals surface area contributed by atoms with E-state index in [1.807, 2.05) is 12.5 Å². The van der Waals surface area contributed by atoms with Gasteiger partial charge >= 0.3 is 0 Å². The van der Waals surface area contributed by atoms with Crippen LogP contribution in [0.15, 0.2) is 36.8 Å². The van der Waals surface area contributed by atoms with Crippen molar-refractivity contribution in [3.05, 3.63) is 53.6 Å². The number of hydrogen-bond donors (Lipinski definition) is 1.